The van der Waals surface area contributed by atoms with Crippen LogP contribution in [0.25, 0.3) is 0 Å². The maximum atomic E-state index is 12.7. The number of anilines is 1. The van der Waals surface area contributed by atoms with E-state index in [1.807, 2.05) is 19.1 Å². The molecule has 25 heavy (non-hydrogen) atoms. The normalized spacial score (nSPS) is 10.9. The molecule has 0 saturated heterocycles. The number of nitrogens with one attached hydrogen (secondary N) is 2. The van der Waals surface area contributed by atoms with Gasteiger partial charge in [0.25, 0.3) is 0 Å². The van der Waals surface area contributed by atoms with Crippen molar-refractivity contribution in [3.05, 3.63) is 65.2 Å². The Balaban J connectivity index is 0.00000312. The van der Waals surface area contributed by atoms with Crippen LogP contribution in [0.15, 0.2) is 48.5 Å². The van der Waals surface area contributed by atoms with Gasteiger partial charge in [-0.15, -0.1) is 12.4 Å². The highest BCUT2D eigenvalue weighted by Crippen LogP contribution is 2.29. The third-order valence-corrected chi connectivity index (χ3v) is 3.48. The number of carbonyl (C=O) groups is 1. The number of para-hydroxylation sites is 1. The molecule has 1 amide bonds. The first kappa shape index (κ1) is 21.0. The van der Waals surface area contributed by atoms with Crippen molar-refractivity contribution in [1.29, 1.82) is 0 Å². The Hall–Kier alpha value is -2.05. The molecule has 0 aliphatic heterocycles. The number of hydrogen-bond donors (Lipinski definition) is 2. The lowest BCUT2D eigenvalue weighted by Crippen LogP contribution is -2.18. The van der Waals surface area contributed by atoms with E-state index in [4.69, 9.17) is 0 Å². The van der Waals surface area contributed by atoms with Crippen LogP contribution >= 0.6 is 12.4 Å². The quantitative estimate of drug-likeness (QED) is 0.788. The van der Waals surface area contributed by atoms with Crippen LogP contribution in [0.3, 0.4) is 0 Å². The lowest BCUT2D eigenvalue weighted by molar-refractivity contribution is -0.137. The summed E-state index contributed by atoms with van der Waals surface area (Å²) in [4.78, 5) is 12.2. The minimum atomic E-state index is -4.41. The Bertz CT molecular complexity index is 705. The molecule has 2 aromatic carbocycles. The summed E-state index contributed by atoms with van der Waals surface area (Å²) in [5.41, 5.74) is 1.17. The van der Waals surface area contributed by atoms with Crippen molar-refractivity contribution in [1.82, 2.24) is 5.32 Å². The van der Waals surface area contributed by atoms with Crippen LogP contribution in [0.4, 0.5) is 18.9 Å². The second kappa shape index (κ2) is 9.44. The van der Waals surface area contributed by atoms with Gasteiger partial charge in [0.2, 0.25) is 5.91 Å². The summed E-state index contributed by atoms with van der Waals surface area (Å²) in [6, 6.07) is 12.2. The summed E-state index contributed by atoms with van der Waals surface area (Å²) in [5, 5.41) is 5.94. The van der Waals surface area contributed by atoms with Crippen LogP contribution in [0.2, 0.25) is 0 Å². The molecule has 0 radical (unpaired) electrons. The minimum Gasteiger partial charge on any atom is -0.325 e. The summed E-state index contributed by atoms with van der Waals surface area (Å²) < 4.78 is 38.1. The van der Waals surface area contributed by atoms with E-state index in [-0.39, 0.29) is 24.7 Å². The van der Waals surface area contributed by atoms with Crippen LogP contribution in [0, 0.1) is 0 Å². The number of alkyl halides is 3. The molecule has 0 aromatic heterocycles. The highest BCUT2D eigenvalue weighted by atomic mass is 35.5. The van der Waals surface area contributed by atoms with E-state index in [1.165, 1.54) is 12.1 Å². The van der Waals surface area contributed by atoms with Gasteiger partial charge >= 0.3 is 6.18 Å². The molecule has 0 atom stereocenters. The molecule has 136 valence electrons. The van der Waals surface area contributed by atoms with Gasteiger partial charge in [-0.1, -0.05) is 43.3 Å². The molecular weight excluding hydrogens is 353 g/mol. The van der Waals surface area contributed by atoms with Crippen LogP contribution in [-0.2, 0) is 23.9 Å². The van der Waals surface area contributed by atoms with Crippen molar-refractivity contribution in [3.8, 4) is 0 Å². The molecule has 0 aliphatic rings. The smallest absolute Gasteiger partial charge is 0.325 e. The molecule has 0 aliphatic carbocycles. The number of hydrogen-bond acceptors (Lipinski definition) is 2. The number of halogens is 4. The van der Waals surface area contributed by atoms with E-state index in [1.54, 1.807) is 12.1 Å². The second-order valence-corrected chi connectivity index (χ2v) is 5.36. The molecule has 2 rings (SSSR count). The van der Waals surface area contributed by atoms with Crippen molar-refractivity contribution in [3.63, 3.8) is 0 Å². The molecule has 2 aromatic rings. The van der Waals surface area contributed by atoms with Gasteiger partial charge in [-0.3, -0.25) is 4.79 Å². The molecule has 0 bridgehead atoms. The lowest BCUT2D eigenvalue weighted by Gasteiger charge is -2.12. The zero-order valence-electron chi connectivity index (χ0n) is 13.7. The highest BCUT2D eigenvalue weighted by Gasteiger charge is 2.30. The molecule has 2 N–H and O–H groups in total. The van der Waals surface area contributed by atoms with Crippen LogP contribution < -0.4 is 10.6 Å². The molecule has 0 heterocycles. The van der Waals surface area contributed by atoms with E-state index < -0.39 is 11.7 Å². The first-order valence-electron chi connectivity index (χ1n) is 7.64. The average Bonchev–Trinajstić information content (AvgIpc) is 2.53. The van der Waals surface area contributed by atoms with Gasteiger partial charge in [-0.25, -0.2) is 0 Å². The maximum Gasteiger partial charge on any atom is 0.416 e. The number of benzene rings is 2. The van der Waals surface area contributed by atoms with E-state index in [9.17, 15) is 18.0 Å². The average molecular weight is 373 g/mol. The fourth-order valence-corrected chi connectivity index (χ4v) is 2.29. The van der Waals surface area contributed by atoms with Crippen molar-refractivity contribution < 1.29 is 18.0 Å². The Labute approximate surface area is 151 Å². The summed E-state index contributed by atoms with van der Waals surface area (Å²) in [6.07, 6.45) is -4.52. The van der Waals surface area contributed by atoms with Crippen LogP contribution in [-0.4, -0.2) is 12.5 Å². The maximum absolute atomic E-state index is 12.7. The molecule has 0 saturated carbocycles. The fraction of sp³-hybridized carbons (Fsp3) is 0.278. The van der Waals surface area contributed by atoms with Crippen molar-refractivity contribution in [2.75, 3.05) is 11.9 Å². The molecular formula is C18H20ClF3N2O. The monoisotopic (exact) mass is 372 g/mol. The molecule has 3 nitrogen and oxygen atoms in total. The van der Waals surface area contributed by atoms with Gasteiger partial charge < -0.3 is 10.6 Å². The Morgan fingerprint density at radius 3 is 2.48 bits per heavy atom. The van der Waals surface area contributed by atoms with E-state index in [0.717, 1.165) is 24.2 Å². The predicted molar refractivity (Wildman–Crippen MR) is 94.8 cm³/mol. The SMILES string of the molecule is CCNCc1ccccc1NC(=O)Cc1cccc(C(F)(F)F)c1.Cl. The third kappa shape index (κ3) is 6.40. The lowest BCUT2D eigenvalue weighted by atomic mass is 10.1. The first-order chi connectivity index (χ1) is 11.4. The zero-order chi connectivity index (χ0) is 17.6. The summed E-state index contributed by atoms with van der Waals surface area (Å²) in [6.45, 7) is 3.39. The zero-order valence-corrected chi connectivity index (χ0v) is 14.5. The molecule has 0 spiro atoms. The van der Waals surface area contributed by atoms with Crippen LogP contribution in [0.5, 0.6) is 0 Å². The van der Waals surface area contributed by atoms with E-state index >= 15 is 0 Å². The van der Waals surface area contributed by atoms with Gasteiger partial charge in [0, 0.05) is 12.2 Å². The molecule has 0 unspecified atom stereocenters. The molecule has 0 fully saturated rings. The third-order valence-electron chi connectivity index (χ3n) is 3.48. The van der Waals surface area contributed by atoms with Crippen molar-refractivity contribution in [2.45, 2.75) is 26.1 Å². The summed E-state index contributed by atoms with van der Waals surface area (Å²) in [7, 11) is 0. The molecule has 7 heteroatoms. The summed E-state index contributed by atoms with van der Waals surface area (Å²) >= 11 is 0. The van der Waals surface area contributed by atoms with Crippen molar-refractivity contribution >= 4 is 24.0 Å². The number of carbonyl (C=O) groups excluding carboxylic acids is 1. The van der Waals surface area contributed by atoms with Gasteiger partial charge in [0.05, 0.1) is 12.0 Å². The van der Waals surface area contributed by atoms with Gasteiger partial charge in [0.1, 0.15) is 0 Å². The number of rotatable bonds is 6. The Kier molecular flexibility index (Phi) is 7.93. The standard InChI is InChI=1S/C18H19F3N2O.ClH/c1-2-22-12-14-7-3-4-9-16(14)23-17(24)11-13-6-5-8-15(10-13)18(19,20)21;/h3-10,22H,2,11-12H2,1H3,(H,23,24);1H. The highest BCUT2D eigenvalue weighted by molar-refractivity contribution is 5.93. The largest absolute Gasteiger partial charge is 0.416 e. The first-order valence-corrected chi connectivity index (χ1v) is 7.64. The topological polar surface area (TPSA) is 41.1 Å². The van der Waals surface area contributed by atoms with E-state index in [2.05, 4.69) is 10.6 Å². The summed E-state index contributed by atoms with van der Waals surface area (Å²) in [5.74, 6) is -0.349. The van der Waals surface area contributed by atoms with Gasteiger partial charge in [-0.05, 0) is 29.8 Å². The Morgan fingerprint density at radius 1 is 1.08 bits per heavy atom. The number of amides is 1. The fourth-order valence-electron chi connectivity index (χ4n) is 2.29. The van der Waals surface area contributed by atoms with Crippen LogP contribution in [0.1, 0.15) is 23.6 Å². The Morgan fingerprint density at radius 2 is 1.80 bits per heavy atom. The van der Waals surface area contributed by atoms with Gasteiger partial charge in [0.15, 0.2) is 0 Å². The predicted octanol–water partition coefficient (Wildman–Crippen LogP) is 4.42. The van der Waals surface area contributed by atoms with E-state index in [0.29, 0.717) is 17.8 Å². The van der Waals surface area contributed by atoms with Gasteiger partial charge in [-0.2, -0.15) is 13.2 Å². The minimum absolute atomic E-state index is 0. The second-order valence-electron chi connectivity index (χ2n) is 5.36. The van der Waals surface area contributed by atoms with Crippen molar-refractivity contribution in [2.24, 2.45) is 0 Å².